The Hall–Kier alpha value is -2.37. The SMILES string of the molecule is CC(C)(C)C(=O)COC(=O)c1ccc2c(c1)NC(=O)[C@H]1CCCN21. The predicted molar refractivity (Wildman–Crippen MR) is 90.2 cm³/mol. The van der Waals surface area contributed by atoms with Crippen LogP contribution in [0, 0.1) is 5.41 Å². The summed E-state index contributed by atoms with van der Waals surface area (Å²) in [4.78, 5) is 38.2. The summed E-state index contributed by atoms with van der Waals surface area (Å²) in [5.74, 6) is -0.733. The molecule has 24 heavy (non-hydrogen) atoms. The van der Waals surface area contributed by atoms with Crippen molar-refractivity contribution in [2.24, 2.45) is 5.41 Å². The smallest absolute Gasteiger partial charge is 0.338 e. The van der Waals surface area contributed by atoms with Crippen LogP contribution >= 0.6 is 0 Å². The molecule has 1 amide bonds. The molecule has 1 aromatic rings. The largest absolute Gasteiger partial charge is 0.454 e. The van der Waals surface area contributed by atoms with Crippen molar-refractivity contribution in [1.29, 1.82) is 0 Å². The van der Waals surface area contributed by atoms with Gasteiger partial charge in [-0.15, -0.1) is 0 Å². The maximum Gasteiger partial charge on any atom is 0.338 e. The number of hydrogen-bond donors (Lipinski definition) is 1. The van der Waals surface area contributed by atoms with Crippen LogP contribution in [0.2, 0.25) is 0 Å². The van der Waals surface area contributed by atoms with Gasteiger partial charge in [-0.2, -0.15) is 0 Å². The molecule has 0 aliphatic carbocycles. The minimum atomic E-state index is -0.562. The van der Waals surface area contributed by atoms with Crippen molar-refractivity contribution in [3.63, 3.8) is 0 Å². The summed E-state index contributed by atoms with van der Waals surface area (Å²) in [5, 5.41) is 2.86. The van der Waals surface area contributed by atoms with Crippen LogP contribution in [0.3, 0.4) is 0 Å². The molecule has 0 saturated carbocycles. The molecule has 0 radical (unpaired) electrons. The fraction of sp³-hybridized carbons (Fsp3) is 0.500. The Labute approximate surface area is 141 Å². The molecule has 0 aromatic heterocycles. The molecule has 1 saturated heterocycles. The molecule has 1 N–H and O–H groups in total. The number of benzene rings is 1. The molecule has 128 valence electrons. The molecule has 3 rings (SSSR count). The second-order valence-corrected chi connectivity index (χ2v) is 7.32. The lowest BCUT2D eigenvalue weighted by atomic mass is 9.91. The zero-order valence-electron chi connectivity index (χ0n) is 14.2. The molecule has 0 bridgehead atoms. The van der Waals surface area contributed by atoms with Crippen LogP contribution < -0.4 is 10.2 Å². The third kappa shape index (κ3) is 3.00. The fourth-order valence-corrected chi connectivity index (χ4v) is 2.99. The number of nitrogens with zero attached hydrogens (tertiary/aromatic N) is 1. The lowest BCUT2D eigenvalue weighted by Crippen LogP contribution is -2.43. The molecule has 1 aromatic carbocycles. The second-order valence-electron chi connectivity index (χ2n) is 7.32. The second kappa shape index (κ2) is 5.92. The molecule has 0 unspecified atom stereocenters. The van der Waals surface area contributed by atoms with Gasteiger partial charge >= 0.3 is 5.97 Å². The van der Waals surface area contributed by atoms with Crippen molar-refractivity contribution in [1.82, 2.24) is 0 Å². The number of hydrogen-bond acceptors (Lipinski definition) is 5. The van der Waals surface area contributed by atoms with Crippen LogP contribution in [-0.4, -0.2) is 36.9 Å². The third-order valence-corrected chi connectivity index (χ3v) is 4.53. The van der Waals surface area contributed by atoms with Crippen LogP contribution in [0.4, 0.5) is 11.4 Å². The van der Waals surface area contributed by atoms with E-state index in [1.54, 1.807) is 32.9 Å². The maximum atomic E-state index is 12.2. The Balaban J connectivity index is 1.74. The number of fused-ring (bicyclic) bond motifs is 3. The van der Waals surface area contributed by atoms with Crippen LogP contribution in [-0.2, 0) is 14.3 Å². The molecule has 0 spiro atoms. The number of ether oxygens (including phenoxy) is 1. The first-order chi connectivity index (χ1) is 11.3. The molecule has 1 fully saturated rings. The molecule has 2 heterocycles. The lowest BCUT2D eigenvalue weighted by molar-refractivity contribution is -0.129. The van der Waals surface area contributed by atoms with Gasteiger partial charge in [0.05, 0.1) is 16.9 Å². The van der Waals surface area contributed by atoms with Crippen molar-refractivity contribution >= 4 is 29.0 Å². The molecule has 6 nitrogen and oxygen atoms in total. The van der Waals surface area contributed by atoms with Crippen molar-refractivity contribution in [2.45, 2.75) is 39.7 Å². The van der Waals surface area contributed by atoms with Gasteiger partial charge in [-0.25, -0.2) is 4.79 Å². The van der Waals surface area contributed by atoms with E-state index in [0.29, 0.717) is 11.3 Å². The Morgan fingerprint density at radius 2 is 2.08 bits per heavy atom. The van der Waals surface area contributed by atoms with E-state index in [1.807, 2.05) is 6.07 Å². The number of nitrogens with one attached hydrogen (secondary N) is 1. The monoisotopic (exact) mass is 330 g/mol. The first-order valence-corrected chi connectivity index (χ1v) is 8.19. The van der Waals surface area contributed by atoms with E-state index in [1.165, 1.54) is 0 Å². The third-order valence-electron chi connectivity index (χ3n) is 4.53. The number of anilines is 2. The molecule has 1 atom stereocenters. The van der Waals surface area contributed by atoms with Gasteiger partial charge in [0, 0.05) is 12.0 Å². The zero-order chi connectivity index (χ0) is 17.5. The molecule has 6 heteroatoms. The Bertz CT molecular complexity index is 705. The highest BCUT2D eigenvalue weighted by Gasteiger charge is 2.36. The van der Waals surface area contributed by atoms with Crippen LogP contribution in [0.15, 0.2) is 18.2 Å². The summed E-state index contributed by atoms with van der Waals surface area (Å²) in [7, 11) is 0. The Morgan fingerprint density at radius 3 is 2.79 bits per heavy atom. The number of Topliss-reactive ketones (excluding diaryl/α,β-unsaturated/α-hetero) is 1. The number of rotatable bonds is 3. The molecule has 2 aliphatic heterocycles. The van der Waals surface area contributed by atoms with Crippen molar-refractivity contribution in [3.05, 3.63) is 23.8 Å². The molecular formula is C18H22N2O4. The van der Waals surface area contributed by atoms with Gasteiger partial charge in [-0.1, -0.05) is 20.8 Å². The van der Waals surface area contributed by atoms with E-state index in [-0.39, 0.29) is 24.3 Å². The van der Waals surface area contributed by atoms with Crippen LogP contribution in [0.1, 0.15) is 44.0 Å². The quantitative estimate of drug-likeness (QED) is 0.861. The number of carbonyl (C=O) groups is 3. The topological polar surface area (TPSA) is 75.7 Å². The first kappa shape index (κ1) is 16.5. The fourth-order valence-electron chi connectivity index (χ4n) is 2.99. The molecule has 2 aliphatic rings. The first-order valence-electron chi connectivity index (χ1n) is 8.19. The van der Waals surface area contributed by atoms with Crippen LogP contribution in [0.25, 0.3) is 0 Å². The van der Waals surface area contributed by atoms with Crippen molar-refractivity contribution < 1.29 is 19.1 Å². The van der Waals surface area contributed by atoms with E-state index in [9.17, 15) is 14.4 Å². The summed E-state index contributed by atoms with van der Waals surface area (Å²) in [6.07, 6.45) is 1.83. The summed E-state index contributed by atoms with van der Waals surface area (Å²) >= 11 is 0. The summed E-state index contributed by atoms with van der Waals surface area (Å²) in [6.45, 7) is 5.94. The number of esters is 1. The Kier molecular flexibility index (Phi) is 4.07. The van der Waals surface area contributed by atoms with E-state index in [2.05, 4.69) is 10.2 Å². The summed E-state index contributed by atoms with van der Waals surface area (Å²) < 4.78 is 5.11. The van der Waals surface area contributed by atoms with Gasteiger partial charge < -0.3 is 15.0 Å². The predicted octanol–water partition coefficient (Wildman–Crippen LogP) is 2.38. The average molecular weight is 330 g/mol. The van der Waals surface area contributed by atoms with E-state index < -0.39 is 11.4 Å². The highest BCUT2D eigenvalue weighted by molar-refractivity contribution is 6.05. The van der Waals surface area contributed by atoms with Gasteiger partial charge in [-0.05, 0) is 31.0 Å². The van der Waals surface area contributed by atoms with Gasteiger partial charge in [0.25, 0.3) is 0 Å². The van der Waals surface area contributed by atoms with Crippen LogP contribution in [0.5, 0.6) is 0 Å². The summed E-state index contributed by atoms with van der Waals surface area (Å²) in [6, 6.07) is 5.01. The molecular weight excluding hydrogens is 308 g/mol. The number of amides is 1. The van der Waals surface area contributed by atoms with E-state index in [0.717, 1.165) is 25.1 Å². The minimum absolute atomic E-state index is 0.0339. The standard InChI is InChI=1S/C18H22N2O4/c1-18(2,3)15(21)10-24-17(23)11-6-7-13-12(9-11)19-16(22)14-5-4-8-20(13)14/h6-7,9,14H,4-5,8,10H2,1-3H3,(H,19,22)/t14-/m1/s1. The zero-order valence-corrected chi connectivity index (χ0v) is 14.2. The average Bonchev–Trinajstić information content (AvgIpc) is 3.01. The summed E-state index contributed by atoms with van der Waals surface area (Å²) in [5.41, 5.74) is 1.33. The van der Waals surface area contributed by atoms with Gasteiger partial charge in [0.15, 0.2) is 12.4 Å². The minimum Gasteiger partial charge on any atom is -0.454 e. The van der Waals surface area contributed by atoms with Gasteiger partial charge in [0.1, 0.15) is 6.04 Å². The maximum absolute atomic E-state index is 12.2. The van der Waals surface area contributed by atoms with E-state index >= 15 is 0 Å². The van der Waals surface area contributed by atoms with E-state index in [4.69, 9.17) is 4.74 Å². The Morgan fingerprint density at radius 1 is 1.33 bits per heavy atom. The van der Waals surface area contributed by atoms with Gasteiger partial charge in [-0.3, -0.25) is 9.59 Å². The highest BCUT2D eigenvalue weighted by Crippen LogP contribution is 2.37. The van der Waals surface area contributed by atoms with Crippen molar-refractivity contribution in [2.75, 3.05) is 23.4 Å². The highest BCUT2D eigenvalue weighted by atomic mass is 16.5. The van der Waals surface area contributed by atoms with Gasteiger partial charge in [0.2, 0.25) is 5.91 Å². The normalized spacial score (nSPS) is 19.4. The number of carbonyl (C=O) groups excluding carboxylic acids is 3. The number of ketones is 1. The van der Waals surface area contributed by atoms with Crippen molar-refractivity contribution in [3.8, 4) is 0 Å². The lowest BCUT2D eigenvalue weighted by Gasteiger charge is -2.33.